The van der Waals surface area contributed by atoms with Crippen LogP contribution < -0.4 is 0 Å². The fourth-order valence-corrected chi connectivity index (χ4v) is 3.77. The van der Waals surface area contributed by atoms with Gasteiger partial charge < -0.3 is 18.9 Å². The molecular weight excluding hydrogens is 385 g/mol. The van der Waals surface area contributed by atoms with Crippen LogP contribution in [0.15, 0.2) is 45.9 Å². The van der Waals surface area contributed by atoms with Gasteiger partial charge in [0.05, 0.1) is 25.5 Å². The number of likely N-dealkylation sites (tertiary alicyclic amines) is 1. The topological polar surface area (TPSA) is 71.5 Å². The van der Waals surface area contributed by atoms with Crippen molar-refractivity contribution in [2.24, 2.45) is 0 Å². The molecule has 0 amide bonds. The Hall–Kier alpha value is -2.85. The van der Waals surface area contributed by atoms with Gasteiger partial charge in [-0.25, -0.2) is 4.39 Å². The summed E-state index contributed by atoms with van der Waals surface area (Å²) in [6.07, 6.45) is 4.60. The van der Waals surface area contributed by atoms with Crippen LogP contribution in [0.4, 0.5) is 4.39 Å². The number of nitriles is 1. The van der Waals surface area contributed by atoms with E-state index in [9.17, 15) is 4.39 Å². The van der Waals surface area contributed by atoms with Crippen molar-refractivity contribution in [3.63, 3.8) is 0 Å². The molecule has 2 heterocycles. The van der Waals surface area contributed by atoms with E-state index >= 15 is 0 Å². The fourth-order valence-electron chi connectivity index (χ4n) is 3.77. The second-order valence-electron chi connectivity index (χ2n) is 7.59. The zero-order valence-electron chi connectivity index (χ0n) is 17.8. The van der Waals surface area contributed by atoms with Gasteiger partial charge in [0.1, 0.15) is 11.6 Å². The normalized spacial score (nSPS) is 17.0. The van der Waals surface area contributed by atoms with Crippen molar-refractivity contribution in [2.45, 2.75) is 39.0 Å². The van der Waals surface area contributed by atoms with Crippen LogP contribution in [-0.2, 0) is 9.47 Å². The molecule has 0 unspecified atom stereocenters. The number of nitrogens with zero attached hydrogens (tertiary/aromatic N) is 3. The van der Waals surface area contributed by atoms with E-state index in [1.54, 1.807) is 26.2 Å². The second-order valence-corrected chi connectivity index (χ2v) is 7.59. The summed E-state index contributed by atoms with van der Waals surface area (Å²) in [6, 6.07) is 6.69. The van der Waals surface area contributed by atoms with Crippen molar-refractivity contribution in [3.8, 4) is 6.07 Å². The number of allylic oxidation sites excluding steroid dienone is 3. The molecule has 0 aliphatic carbocycles. The summed E-state index contributed by atoms with van der Waals surface area (Å²) in [6.45, 7) is 7.11. The number of hydrogen-bond acceptors (Lipinski definition) is 6. The highest BCUT2D eigenvalue weighted by atomic mass is 19.1. The van der Waals surface area contributed by atoms with Crippen LogP contribution in [0.25, 0.3) is 11.0 Å². The highest BCUT2D eigenvalue weighted by molar-refractivity contribution is 5.79. The van der Waals surface area contributed by atoms with E-state index in [1.165, 1.54) is 12.1 Å². The lowest BCUT2D eigenvalue weighted by Gasteiger charge is -2.31. The van der Waals surface area contributed by atoms with Crippen LogP contribution in [-0.4, -0.2) is 43.4 Å². The number of rotatable bonds is 8. The smallest absolute Gasteiger partial charge is 0.170 e. The first-order valence-corrected chi connectivity index (χ1v) is 10.2. The molecule has 0 radical (unpaired) electrons. The van der Waals surface area contributed by atoms with Gasteiger partial charge in [-0.3, -0.25) is 0 Å². The molecule has 0 bridgehead atoms. The van der Waals surface area contributed by atoms with Crippen molar-refractivity contribution in [3.05, 3.63) is 52.9 Å². The molecule has 2 aromatic rings. The van der Waals surface area contributed by atoms with Gasteiger partial charge in [-0.05, 0) is 64.4 Å². The van der Waals surface area contributed by atoms with Crippen molar-refractivity contribution in [1.82, 2.24) is 10.1 Å². The fraction of sp³-hybridized carbons (Fsp3) is 0.478. The summed E-state index contributed by atoms with van der Waals surface area (Å²) >= 11 is 0. The van der Waals surface area contributed by atoms with Gasteiger partial charge in [-0.15, -0.1) is 0 Å². The molecule has 6 nitrogen and oxygen atoms in total. The van der Waals surface area contributed by atoms with Gasteiger partial charge in [-0.2, -0.15) is 5.26 Å². The monoisotopic (exact) mass is 413 g/mol. The zero-order valence-corrected chi connectivity index (χ0v) is 17.8. The maximum atomic E-state index is 13.3. The SMILES string of the molecule is COC(/C=C(\C)C#N)=C(/C)OCCCN1CCC(c2noc3cc(F)ccc23)CC1. The summed E-state index contributed by atoms with van der Waals surface area (Å²) < 4.78 is 29.7. The highest BCUT2D eigenvalue weighted by Crippen LogP contribution is 2.32. The first-order valence-electron chi connectivity index (χ1n) is 10.2. The Morgan fingerprint density at radius 2 is 2.13 bits per heavy atom. The molecule has 160 valence electrons. The van der Waals surface area contributed by atoms with Crippen molar-refractivity contribution < 1.29 is 18.4 Å². The lowest BCUT2D eigenvalue weighted by atomic mass is 9.91. The van der Waals surface area contributed by atoms with E-state index in [4.69, 9.17) is 19.3 Å². The molecule has 1 fully saturated rings. The second kappa shape index (κ2) is 10.3. The van der Waals surface area contributed by atoms with Gasteiger partial charge in [-0.1, -0.05) is 5.16 Å². The van der Waals surface area contributed by atoms with Crippen LogP contribution in [0.5, 0.6) is 0 Å². The third kappa shape index (κ3) is 5.39. The first kappa shape index (κ1) is 21.8. The summed E-state index contributed by atoms with van der Waals surface area (Å²) in [5.41, 5.74) is 2.03. The Bertz CT molecular complexity index is 966. The summed E-state index contributed by atoms with van der Waals surface area (Å²) in [5, 5.41) is 14.0. The third-order valence-corrected chi connectivity index (χ3v) is 5.46. The highest BCUT2D eigenvalue weighted by Gasteiger charge is 2.25. The maximum Gasteiger partial charge on any atom is 0.170 e. The molecule has 3 rings (SSSR count). The quantitative estimate of drug-likeness (QED) is 0.265. The van der Waals surface area contributed by atoms with E-state index in [0.717, 1.165) is 50.0 Å². The number of piperidine rings is 1. The number of hydrogen-bond donors (Lipinski definition) is 0. The van der Waals surface area contributed by atoms with E-state index in [1.807, 2.05) is 6.92 Å². The molecule has 1 aliphatic heterocycles. The molecule has 7 heteroatoms. The van der Waals surface area contributed by atoms with E-state index in [2.05, 4.69) is 16.1 Å². The molecule has 0 saturated carbocycles. The minimum absolute atomic E-state index is 0.304. The molecule has 1 aromatic heterocycles. The molecule has 0 N–H and O–H groups in total. The van der Waals surface area contributed by atoms with Crippen LogP contribution in [0.1, 0.15) is 44.7 Å². The molecule has 30 heavy (non-hydrogen) atoms. The Balaban J connectivity index is 1.44. The number of methoxy groups -OCH3 is 1. The van der Waals surface area contributed by atoms with Crippen molar-refractivity contribution >= 4 is 11.0 Å². The molecule has 1 aliphatic rings. The largest absolute Gasteiger partial charge is 0.494 e. The van der Waals surface area contributed by atoms with Crippen molar-refractivity contribution in [1.29, 1.82) is 5.26 Å². The molecular formula is C23H28FN3O3. The Morgan fingerprint density at radius 1 is 1.37 bits per heavy atom. The lowest BCUT2D eigenvalue weighted by molar-refractivity contribution is 0.152. The van der Waals surface area contributed by atoms with Crippen LogP contribution in [0.2, 0.25) is 0 Å². The number of halogens is 1. The third-order valence-electron chi connectivity index (χ3n) is 5.46. The average Bonchev–Trinajstić information content (AvgIpc) is 3.18. The van der Waals surface area contributed by atoms with Crippen LogP contribution in [0.3, 0.4) is 0 Å². The minimum atomic E-state index is -0.304. The zero-order chi connectivity index (χ0) is 21.5. The Morgan fingerprint density at radius 3 is 2.83 bits per heavy atom. The first-order chi connectivity index (χ1) is 14.5. The number of fused-ring (bicyclic) bond motifs is 1. The summed E-state index contributed by atoms with van der Waals surface area (Å²) in [7, 11) is 1.57. The number of ether oxygens (including phenoxy) is 2. The summed E-state index contributed by atoms with van der Waals surface area (Å²) in [4.78, 5) is 2.43. The predicted molar refractivity (Wildman–Crippen MR) is 112 cm³/mol. The number of aromatic nitrogens is 1. The predicted octanol–water partition coefficient (Wildman–Crippen LogP) is 4.90. The lowest BCUT2D eigenvalue weighted by Crippen LogP contribution is -2.34. The van der Waals surface area contributed by atoms with E-state index in [0.29, 0.717) is 35.2 Å². The minimum Gasteiger partial charge on any atom is -0.494 e. The van der Waals surface area contributed by atoms with E-state index < -0.39 is 0 Å². The van der Waals surface area contributed by atoms with Gasteiger partial charge in [0, 0.05) is 29.5 Å². The molecule has 0 atom stereocenters. The van der Waals surface area contributed by atoms with Crippen LogP contribution in [0, 0.1) is 17.1 Å². The average molecular weight is 413 g/mol. The van der Waals surface area contributed by atoms with Crippen LogP contribution >= 0.6 is 0 Å². The molecule has 0 spiro atoms. The van der Waals surface area contributed by atoms with E-state index in [-0.39, 0.29) is 5.82 Å². The molecule has 1 saturated heterocycles. The summed E-state index contributed by atoms with van der Waals surface area (Å²) in [5.74, 6) is 1.30. The standard InChI is InChI=1S/C23H28FN3O3/c1-16(15-25)13-21(28-3)17(2)29-12-4-9-27-10-7-18(8-11-27)23-20-6-5-19(24)14-22(20)30-26-23/h5-6,13-14,18H,4,7-12H2,1-3H3/b16-13+,21-17-. The van der Waals surface area contributed by atoms with Gasteiger partial charge in [0.15, 0.2) is 11.3 Å². The Kier molecular flexibility index (Phi) is 7.47. The van der Waals surface area contributed by atoms with Gasteiger partial charge in [0.2, 0.25) is 0 Å². The molecule has 1 aromatic carbocycles. The maximum absolute atomic E-state index is 13.3. The number of benzene rings is 1. The van der Waals surface area contributed by atoms with Gasteiger partial charge in [0.25, 0.3) is 0 Å². The van der Waals surface area contributed by atoms with Crippen molar-refractivity contribution in [2.75, 3.05) is 33.4 Å². The van der Waals surface area contributed by atoms with Gasteiger partial charge >= 0.3 is 0 Å². The Labute approximate surface area is 176 Å².